The highest BCUT2D eigenvalue weighted by Crippen LogP contribution is 2.33. The number of urea groups is 1. The van der Waals surface area contributed by atoms with Gasteiger partial charge in [-0.3, -0.25) is 4.79 Å². The fourth-order valence-corrected chi connectivity index (χ4v) is 2.57. The number of nitrogens with zero attached hydrogens (tertiary/aromatic N) is 2. The maximum absolute atomic E-state index is 12.6. The van der Waals surface area contributed by atoms with Gasteiger partial charge in [0.05, 0.1) is 12.2 Å². The molecule has 0 aromatic heterocycles. The van der Waals surface area contributed by atoms with Crippen LogP contribution < -0.4 is 10.1 Å². The number of nitriles is 1. The van der Waals surface area contributed by atoms with Gasteiger partial charge in [0.1, 0.15) is 17.8 Å². The Kier molecular flexibility index (Phi) is 4.36. The molecular formula is C16H19N3O3. The van der Waals surface area contributed by atoms with Gasteiger partial charge in [0.2, 0.25) is 0 Å². The summed E-state index contributed by atoms with van der Waals surface area (Å²) in [5, 5.41) is 11.5. The number of imide groups is 1. The molecule has 1 aliphatic rings. The Morgan fingerprint density at radius 2 is 1.95 bits per heavy atom. The summed E-state index contributed by atoms with van der Waals surface area (Å²) in [6, 6.07) is 8.41. The summed E-state index contributed by atoms with van der Waals surface area (Å²) in [6.07, 6.45) is 0.467. The fraction of sp³-hybridized carbons (Fsp3) is 0.438. The number of carbonyl (C=O) groups excluding carboxylic acids is 2. The van der Waals surface area contributed by atoms with Crippen LogP contribution in [-0.4, -0.2) is 29.5 Å². The highest BCUT2D eigenvalue weighted by molar-refractivity contribution is 6.07. The number of benzene rings is 1. The SMILES string of the molecule is CCC1(c2ccc(OC(C)C)cc2)NC(=O)N(CC#N)C1=O. The molecule has 1 saturated heterocycles. The highest BCUT2D eigenvalue weighted by atomic mass is 16.5. The van der Waals surface area contributed by atoms with Crippen molar-refractivity contribution in [2.75, 3.05) is 6.54 Å². The van der Waals surface area contributed by atoms with Crippen molar-refractivity contribution in [2.45, 2.75) is 38.8 Å². The lowest BCUT2D eigenvalue weighted by atomic mass is 9.87. The minimum atomic E-state index is -1.11. The van der Waals surface area contributed by atoms with E-state index in [-0.39, 0.29) is 18.6 Å². The van der Waals surface area contributed by atoms with Gasteiger partial charge in [-0.1, -0.05) is 19.1 Å². The van der Waals surface area contributed by atoms with Gasteiger partial charge in [-0.15, -0.1) is 0 Å². The molecule has 0 aliphatic carbocycles. The predicted molar refractivity (Wildman–Crippen MR) is 80.0 cm³/mol. The number of nitrogens with one attached hydrogen (secondary N) is 1. The number of carbonyl (C=O) groups is 2. The summed E-state index contributed by atoms with van der Waals surface area (Å²) in [5.74, 6) is 0.315. The molecule has 1 N–H and O–H groups in total. The Morgan fingerprint density at radius 3 is 2.45 bits per heavy atom. The van der Waals surface area contributed by atoms with Crippen LogP contribution in [0, 0.1) is 11.3 Å². The highest BCUT2D eigenvalue weighted by Gasteiger charge is 2.51. The van der Waals surface area contributed by atoms with Gasteiger partial charge < -0.3 is 10.1 Å². The molecule has 1 aromatic rings. The summed E-state index contributed by atoms with van der Waals surface area (Å²) < 4.78 is 5.58. The van der Waals surface area contributed by atoms with Crippen LogP contribution in [0.25, 0.3) is 0 Å². The van der Waals surface area contributed by atoms with E-state index in [0.29, 0.717) is 17.7 Å². The number of ether oxygens (including phenoxy) is 1. The summed E-state index contributed by atoms with van der Waals surface area (Å²) in [6.45, 7) is 5.44. The Morgan fingerprint density at radius 1 is 1.32 bits per heavy atom. The zero-order valence-corrected chi connectivity index (χ0v) is 12.9. The molecule has 1 unspecified atom stereocenters. The minimum absolute atomic E-state index is 0.0601. The van der Waals surface area contributed by atoms with Crippen LogP contribution in [0.4, 0.5) is 4.79 Å². The average Bonchev–Trinajstić information content (AvgIpc) is 2.73. The van der Waals surface area contributed by atoms with Crippen LogP contribution in [0.5, 0.6) is 5.75 Å². The molecule has 6 heteroatoms. The standard InChI is InChI=1S/C16H19N3O3/c1-4-16(14(20)19(10-9-17)15(21)18-16)12-5-7-13(8-6-12)22-11(2)3/h5-8,11H,4,10H2,1-3H3,(H,18,21). The van der Waals surface area contributed by atoms with Crippen LogP contribution in [0.2, 0.25) is 0 Å². The van der Waals surface area contributed by atoms with Gasteiger partial charge in [0, 0.05) is 0 Å². The molecule has 6 nitrogen and oxygen atoms in total. The van der Waals surface area contributed by atoms with Crippen molar-refractivity contribution in [1.29, 1.82) is 5.26 Å². The number of amides is 3. The van der Waals surface area contributed by atoms with Crippen molar-refractivity contribution in [2.24, 2.45) is 0 Å². The lowest BCUT2D eigenvalue weighted by Gasteiger charge is -2.25. The monoisotopic (exact) mass is 301 g/mol. The summed E-state index contributed by atoms with van der Waals surface area (Å²) in [5.41, 5.74) is -0.422. The van der Waals surface area contributed by atoms with E-state index in [9.17, 15) is 9.59 Å². The van der Waals surface area contributed by atoms with Gasteiger partial charge >= 0.3 is 6.03 Å². The van der Waals surface area contributed by atoms with Crippen molar-refractivity contribution in [3.8, 4) is 11.8 Å². The third kappa shape index (κ3) is 2.62. The van der Waals surface area contributed by atoms with Crippen molar-refractivity contribution in [3.05, 3.63) is 29.8 Å². The second kappa shape index (κ2) is 6.06. The second-order valence-corrected chi connectivity index (χ2v) is 5.43. The first-order valence-corrected chi connectivity index (χ1v) is 7.23. The van der Waals surface area contributed by atoms with Crippen molar-refractivity contribution >= 4 is 11.9 Å². The predicted octanol–water partition coefficient (Wildman–Crippen LogP) is 2.15. The molecule has 22 heavy (non-hydrogen) atoms. The van der Waals surface area contributed by atoms with Crippen molar-refractivity contribution in [1.82, 2.24) is 10.2 Å². The Balaban J connectivity index is 2.34. The number of hydrogen-bond donors (Lipinski definition) is 1. The lowest BCUT2D eigenvalue weighted by molar-refractivity contribution is -0.131. The first-order chi connectivity index (χ1) is 10.4. The zero-order chi connectivity index (χ0) is 16.3. The third-order valence-electron chi connectivity index (χ3n) is 3.65. The van der Waals surface area contributed by atoms with Gasteiger partial charge in [0.15, 0.2) is 0 Å². The topological polar surface area (TPSA) is 82.4 Å². The quantitative estimate of drug-likeness (QED) is 0.667. The molecule has 3 amide bonds. The molecule has 1 heterocycles. The van der Waals surface area contributed by atoms with E-state index < -0.39 is 11.6 Å². The van der Waals surface area contributed by atoms with Crippen LogP contribution >= 0.6 is 0 Å². The van der Waals surface area contributed by atoms with Crippen molar-refractivity contribution < 1.29 is 14.3 Å². The molecule has 1 atom stereocenters. The summed E-state index contributed by atoms with van der Waals surface area (Å²) >= 11 is 0. The maximum Gasteiger partial charge on any atom is 0.326 e. The summed E-state index contributed by atoms with van der Waals surface area (Å²) in [4.78, 5) is 25.5. The maximum atomic E-state index is 12.6. The molecule has 0 saturated carbocycles. The third-order valence-corrected chi connectivity index (χ3v) is 3.65. The van der Waals surface area contributed by atoms with Crippen LogP contribution in [0.15, 0.2) is 24.3 Å². The van der Waals surface area contributed by atoms with Crippen molar-refractivity contribution in [3.63, 3.8) is 0 Å². The molecule has 1 aliphatic heterocycles. The van der Waals surface area contributed by atoms with E-state index in [2.05, 4.69) is 5.32 Å². The van der Waals surface area contributed by atoms with Gasteiger partial charge in [-0.2, -0.15) is 5.26 Å². The molecule has 0 radical (unpaired) electrons. The van der Waals surface area contributed by atoms with Gasteiger partial charge in [-0.05, 0) is 38.0 Å². The van der Waals surface area contributed by atoms with Gasteiger partial charge in [-0.25, -0.2) is 9.69 Å². The first-order valence-electron chi connectivity index (χ1n) is 7.23. The van der Waals surface area contributed by atoms with Crippen LogP contribution in [-0.2, 0) is 10.3 Å². The Bertz CT molecular complexity index is 619. The summed E-state index contributed by atoms with van der Waals surface area (Å²) in [7, 11) is 0. The zero-order valence-electron chi connectivity index (χ0n) is 12.9. The van der Waals surface area contributed by atoms with E-state index in [1.54, 1.807) is 24.3 Å². The second-order valence-electron chi connectivity index (χ2n) is 5.43. The molecule has 0 bridgehead atoms. The average molecular weight is 301 g/mol. The number of rotatable bonds is 5. The molecule has 1 fully saturated rings. The molecule has 116 valence electrons. The normalized spacial score (nSPS) is 21.0. The molecule has 2 rings (SSSR count). The van der Waals surface area contributed by atoms with E-state index in [0.717, 1.165) is 4.90 Å². The Hall–Kier alpha value is -2.55. The van der Waals surface area contributed by atoms with Gasteiger partial charge in [0.25, 0.3) is 5.91 Å². The van der Waals surface area contributed by atoms with Crippen LogP contribution in [0.3, 0.4) is 0 Å². The van der Waals surface area contributed by atoms with E-state index in [1.807, 2.05) is 26.8 Å². The smallest absolute Gasteiger partial charge is 0.326 e. The van der Waals surface area contributed by atoms with E-state index in [1.165, 1.54) is 0 Å². The fourth-order valence-electron chi connectivity index (χ4n) is 2.57. The Labute approximate surface area is 129 Å². The first kappa shape index (κ1) is 15.8. The molecule has 1 aromatic carbocycles. The lowest BCUT2D eigenvalue weighted by Crippen LogP contribution is -2.43. The number of hydrogen-bond acceptors (Lipinski definition) is 4. The van der Waals surface area contributed by atoms with Crippen LogP contribution in [0.1, 0.15) is 32.8 Å². The molecule has 0 spiro atoms. The largest absolute Gasteiger partial charge is 0.491 e. The minimum Gasteiger partial charge on any atom is -0.491 e. The van der Waals surface area contributed by atoms with E-state index in [4.69, 9.17) is 10.00 Å². The van der Waals surface area contributed by atoms with E-state index >= 15 is 0 Å². The molecular weight excluding hydrogens is 282 g/mol.